The maximum atomic E-state index is 11.0. The Labute approximate surface area is 98.8 Å². The molecule has 0 aromatic heterocycles. The van der Waals surface area contributed by atoms with E-state index in [0.29, 0.717) is 10.8 Å². The van der Waals surface area contributed by atoms with Crippen LogP contribution < -0.4 is 0 Å². The molecule has 0 aliphatic carbocycles. The van der Waals surface area contributed by atoms with Gasteiger partial charge in [0.2, 0.25) is 0 Å². The van der Waals surface area contributed by atoms with Crippen LogP contribution in [0, 0.1) is 0 Å². The summed E-state index contributed by atoms with van der Waals surface area (Å²) in [6, 6.07) is 7.14. The van der Waals surface area contributed by atoms with Gasteiger partial charge in [-0.2, -0.15) is 0 Å². The predicted molar refractivity (Wildman–Crippen MR) is 63.1 cm³/mol. The van der Waals surface area contributed by atoms with E-state index >= 15 is 0 Å². The molecule has 1 aromatic rings. The van der Waals surface area contributed by atoms with Gasteiger partial charge in [0.05, 0.1) is 12.2 Å². The summed E-state index contributed by atoms with van der Waals surface area (Å²) in [7, 11) is 0. The Kier molecular flexibility index (Phi) is 3.85. The van der Waals surface area contributed by atoms with E-state index in [-0.39, 0.29) is 0 Å². The summed E-state index contributed by atoms with van der Waals surface area (Å²) in [6.45, 7) is 1.55. The van der Waals surface area contributed by atoms with E-state index in [9.17, 15) is 4.79 Å². The maximum Gasteiger partial charge on any atom is 0.336 e. The van der Waals surface area contributed by atoms with Crippen molar-refractivity contribution in [3.63, 3.8) is 0 Å². The Balaban J connectivity index is 2.10. The Bertz CT molecular complexity index is 372. The van der Waals surface area contributed by atoms with E-state index in [1.54, 1.807) is 23.9 Å². The van der Waals surface area contributed by atoms with Gasteiger partial charge >= 0.3 is 5.97 Å². The molecule has 1 aliphatic rings. The quantitative estimate of drug-likeness (QED) is 0.879. The van der Waals surface area contributed by atoms with Crippen molar-refractivity contribution in [2.24, 2.45) is 0 Å². The number of ether oxygens (including phenoxy) is 1. The van der Waals surface area contributed by atoms with Gasteiger partial charge in [0.25, 0.3) is 0 Å². The van der Waals surface area contributed by atoms with Gasteiger partial charge in [-0.3, -0.25) is 0 Å². The van der Waals surface area contributed by atoms with Crippen LogP contribution in [0.5, 0.6) is 0 Å². The minimum atomic E-state index is -0.861. The van der Waals surface area contributed by atoms with E-state index in [0.717, 1.165) is 31.0 Å². The first-order valence-corrected chi connectivity index (χ1v) is 6.22. The number of rotatable bonds is 3. The van der Waals surface area contributed by atoms with Gasteiger partial charge in [0.1, 0.15) is 0 Å². The lowest BCUT2D eigenvalue weighted by Gasteiger charge is -2.21. The zero-order valence-corrected chi connectivity index (χ0v) is 9.70. The molecule has 1 N–H and O–H groups in total. The van der Waals surface area contributed by atoms with Crippen LogP contribution in [0.4, 0.5) is 0 Å². The largest absolute Gasteiger partial charge is 0.478 e. The van der Waals surface area contributed by atoms with Gasteiger partial charge in [0.15, 0.2) is 0 Å². The van der Waals surface area contributed by atoms with E-state index in [2.05, 4.69) is 0 Å². The van der Waals surface area contributed by atoms with Crippen molar-refractivity contribution >= 4 is 17.7 Å². The number of carboxylic acids is 1. The normalized spacial score (nSPS) is 20.6. The summed E-state index contributed by atoms with van der Waals surface area (Å²) in [6.07, 6.45) is 2.16. The second kappa shape index (κ2) is 5.37. The monoisotopic (exact) mass is 238 g/mol. The fourth-order valence-electron chi connectivity index (χ4n) is 1.73. The van der Waals surface area contributed by atoms with E-state index < -0.39 is 5.97 Å². The van der Waals surface area contributed by atoms with Crippen LogP contribution in [-0.4, -0.2) is 29.5 Å². The lowest BCUT2D eigenvalue weighted by Crippen LogP contribution is -2.19. The highest BCUT2D eigenvalue weighted by molar-refractivity contribution is 8.00. The predicted octanol–water partition coefficient (Wildman–Crippen LogP) is 2.66. The third-order valence-corrected chi connectivity index (χ3v) is 3.84. The molecule has 0 spiro atoms. The molecule has 1 aliphatic heterocycles. The van der Waals surface area contributed by atoms with Crippen molar-refractivity contribution in [2.75, 3.05) is 13.2 Å². The first-order valence-electron chi connectivity index (χ1n) is 5.34. The first-order chi connectivity index (χ1) is 7.77. The van der Waals surface area contributed by atoms with Crippen molar-refractivity contribution in [2.45, 2.75) is 23.0 Å². The van der Waals surface area contributed by atoms with Crippen molar-refractivity contribution in [3.8, 4) is 0 Å². The molecule has 0 amide bonds. The van der Waals surface area contributed by atoms with Gasteiger partial charge in [-0.25, -0.2) is 4.79 Å². The number of hydrogen-bond acceptors (Lipinski definition) is 3. The van der Waals surface area contributed by atoms with Crippen LogP contribution >= 0.6 is 11.8 Å². The molecule has 0 saturated carbocycles. The second-order valence-corrected chi connectivity index (χ2v) is 5.10. The highest BCUT2D eigenvalue weighted by Gasteiger charge is 2.18. The summed E-state index contributed by atoms with van der Waals surface area (Å²) in [4.78, 5) is 11.9. The van der Waals surface area contributed by atoms with Crippen LogP contribution in [0.1, 0.15) is 23.2 Å². The molecule has 1 saturated heterocycles. The second-order valence-electron chi connectivity index (χ2n) is 3.76. The fraction of sp³-hybridized carbons (Fsp3) is 0.417. The summed E-state index contributed by atoms with van der Waals surface area (Å²) < 4.78 is 5.39. The number of carbonyl (C=O) groups is 1. The molecule has 1 atom stereocenters. The zero-order valence-electron chi connectivity index (χ0n) is 8.89. The van der Waals surface area contributed by atoms with E-state index in [4.69, 9.17) is 9.84 Å². The van der Waals surface area contributed by atoms with Gasteiger partial charge in [0, 0.05) is 16.8 Å². The molecule has 1 fully saturated rings. The van der Waals surface area contributed by atoms with Gasteiger partial charge in [-0.05, 0) is 25.0 Å². The standard InChI is InChI=1S/C12H14O3S/c13-12(14)10-5-1-2-6-11(10)16-9-4-3-7-15-8-9/h1-2,5-6,9H,3-4,7-8H2,(H,13,14). The molecule has 1 heterocycles. The molecule has 4 heteroatoms. The number of aromatic carboxylic acids is 1. The van der Waals surface area contributed by atoms with Crippen LogP contribution in [0.3, 0.4) is 0 Å². The van der Waals surface area contributed by atoms with Crippen molar-refractivity contribution in [1.29, 1.82) is 0 Å². The minimum Gasteiger partial charge on any atom is -0.478 e. The molecule has 3 nitrogen and oxygen atoms in total. The molecule has 86 valence electrons. The SMILES string of the molecule is O=C(O)c1ccccc1SC1CCCOC1. The van der Waals surface area contributed by atoms with Crippen molar-refractivity contribution in [3.05, 3.63) is 29.8 Å². The topological polar surface area (TPSA) is 46.5 Å². The Morgan fingerprint density at radius 1 is 1.44 bits per heavy atom. The summed E-state index contributed by atoms with van der Waals surface area (Å²) in [5.74, 6) is -0.861. The van der Waals surface area contributed by atoms with Crippen LogP contribution in [0.25, 0.3) is 0 Å². The molecular formula is C12H14O3S. The van der Waals surface area contributed by atoms with Crippen LogP contribution in [-0.2, 0) is 4.74 Å². The lowest BCUT2D eigenvalue weighted by molar-refractivity contribution is 0.0693. The molecule has 1 aromatic carbocycles. The van der Waals surface area contributed by atoms with Gasteiger partial charge in [-0.15, -0.1) is 11.8 Å². The Morgan fingerprint density at radius 3 is 2.94 bits per heavy atom. The maximum absolute atomic E-state index is 11.0. The molecule has 0 radical (unpaired) electrons. The van der Waals surface area contributed by atoms with Crippen LogP contribution in [0.15, 0.2) is 29.2 Å². The smallest absolute Gasteiger partial charge is 0.336 e. The van der Waals surface area contributed by atoms with Gasteiger partial charge < -0.3 is 9.84 Å². The average molecular weight is 238 g/mol. The number of hydrogen-bond donors (Lipinski definition) is 1. The molecule has 1 unspecified atom stereocenters. The fourth-order valence-corrected chi connectivity index (χ4v) is 2.98. The molecule has 2 rings (SSSR count). The Morgan fingerprint density at radius 2 is 2.25 bits per heavy atom. The minimum absolute atomic E-state index is 0.384. The van der Waals surface area contributed by atoms with Gasteiger partial charge in [-0.1, -0.05) is 12.1 Å². The summed E-state index contributed by atoms with van der Waals surface area (Å²) in [5, 5.41) is 9.43. The number of carboxylic acid groups (broad SMARTS) is 1. The first kappa shape index (κ1) is 11.5. The van der Waals surface area contributed by atoms with Crippen molar-refractivity contribution in [1.82, 2.24) is 0 Å². The summed E-state index contributed by atoms with van der Waals surface area (Å²) >= 11 is 1.61. The van der Waals surface area contributed by atoms with Crippen LogP contribution in [0.2, 0.25) is 0 Å². The number of thioether (sulfide) groups is 1. The molecular weight excluding hydrogens is 224 g/mol. The zero-order chi connectivity index (χ0) is 11.4. The average Bonchev–Trinajstić information content (AvgIpc) is 2.31. The lowest BCUT2D eigenvalue weighted by atomic mass is 10.2. The highest BCUT2D eigenvalue weighted by Crippen LogP contribution is 2.31. The van der Waals surface area contributed by atoms with E-state index in [1.807, 2.05) is 12.1 Å². The Hall–Kier alpha value is -1.00. The third-order valence-electron chi connectivity index (χ3n) is 2.53. The number of benzene rings is 1. The van der Waals surface area contributed by atoms with E-state index in [1.165, 1.54) is 0 Å². The highest BCUT2D eigenvalue weighted by atomic mass is 32.2. The molecule has 16 heavy (non-hydrogen) atoms. The van der Waals surface area contributed by atoms with Crippen molar-refractivity contribution < 1.29 is 14.6 Å². The third kappa shape index (κ3) is 2.77. The summed E-state index contributed by atoms with van der Waals surface area (Å²) in [5.41, 5.74) is 0.387. The molecule has 0 bridgehead atoms.